The monoisotopic (exact) mass is 365 g/mol. The van der Waals surface area contributed by atoms with Crippen LogP contribution in [-0.2, 0) is 0 Å². The van der Waals surface area contributed by atoms with Crippen molar-refractivity contribution in [2.75, 3.05) is 26.6 Å². The summed E-state index contributed by atoms with van der Waals surface area (Å²) in [7, 11) is 4.90. The summed E-state index contributed by atoms with van der Waals surface area (Å²) >= 11 is 0. The van der Waals surface area contributed by atoms with Gasteiger partial charge in [-0.25, -0.2) is 0 Å². The van der Waals surface area contributed by atoms with E-state index in [-0.39, 0.29) is 6.04 Å². The van der Waals surface area contributed by atoms with E-state index in [0.29, 0.717) is 11.7 Å². The number of hydrogen-bond donors (Lipinski definition) is 1. The second-order valence-electron chi connectivity index (χ2n) is 5.94. The summed E-state index contributed by atoms with van der Waals surface area (Å²) in [4.78, 5) is 0. The van der Waals surface area contributed by atoms with Gasteiger partial charge in [-0.15, -0.1) is 0 Å². The number of aromatic nitrogens is 4. The summed E-state index contributed by atoms with van der Waals surface area (Å²) in [6.45, 7) is 0. The summed E-state index contributed by atoms with van der Waals surface area (Å²) in [6.07, 6.45) is 2.06. The highest BCUT2D eigenvalue weighted by Crippen LogP contribution is 2.37. The zero-order chi connectivity index (χ0) is 18.8. The van der Waals surface area contributed by atoms with E-state index in [2.05, 4.69) is 26.9 Å². The first-order valence-electron chi connectivity index (χ1n) is 8.36. The molecular weight excluding hydrogens is 346 g/mol. The van der Waals surface area contributed by atoms with Crippen LogP contribution in [0.3, 0.4) is 0 Å². The highest BCUT2D eigenvalue weighted by Gasteiger charge is 2.27. The van der Waals surface area contributed by atoms with E-state index in [0.717, 1.165) is 28.3 Å². The summed E-state index contributed by atoms with van der Waals surface area (Å²) in [5.74, 6) is 2.75. The van der Waals surface area contributed by atoms with Crippen LogP contribution in [0.5, 0.6) is 17.2 Å². The molecule has 138 valence electrons. The second-order valence-corrected chi connectivity index (χ2v) is 5.94. The molecule has 0 spiro atoms. The smallest absolute Gasteiger partial charge is 0.248 e. The molecule has 0 bridgehead atoms. The molecule has 0 saturated heterocycles. The minimum Gasteiger partial charge on any atom is -0.497 e. The van der Waals surface area contributed by atoms with E-state index >= 15 is 0 Å². The largest absolute Gasteiger partial charge is 0.497 e. The molecule has 0 amide bonds. The maximum Gasteiger partial charge on any atom is 0.248 e. The molecule has 2 aromatic carbocycles. The van der Waals surface area contributed by atoms with Crippen molar-refractivity contribution >= 4 is 11.6 Å². The van der Waals surface area contributed by atoms with Crippen LogP contribution in [0.4, 0.5) is 5.95 Å². The lowest BCUT2D eigenvalue weighted by atomic mass is 10.0. The molecule has 27 heavy (non-hydrogen) atoms. The number of hydrogen-bond acceptors (Lipinski definition) is 7. The Labute approximate surface area is 156 Å². The van der Waals surface area contributed by atoms with E-state index < -0.39 is 0 Å². The first-order chi connectivity index (χ1) is 13.2. The molecule has 0 fully saturated rings. The molecule has 1 aromatic heterocycles. The number of allylic oxidation sites excluding steroid dienone is 1. The number of fused-ring (bicyclic) bond motifs is 1. The lowest BCUT2D eigenvalue weighted by Crippen LogP contribution is -2.20. The quantitative estimate of drug-likeness (QED) is 0.744. The van der Waals surface area contributed by atoms with Crippen molar-refractivity contribution in [3.8, 4) is 17.2 Å². The van der Waals surface area contributed by atoms with E-state index in [4.69, 9.17) is 14.2 Å². The highest BCUT2D eigenvalue weighted by atomic mass is 16.5. The van der Waals surface area contributed by atoms with Gasteiger partial charge < -0.3 is 19.5 Å². The van der Waals surface area contributed by atoms with Crippen molar-refractivity contribution in [3.05, 3.63) is 59.7 Å². The van der Waals surface area contributed by atoms with E-state index in [1.165, 1.54) is 0 Å². The number of methoxy groups -OCH3 is 3. The van der Waals surface area contributed by atoms with Crippen molar-refractivity contribution in [1.29, 1.82) is 0 Å². The van der Waals surface area contributed by atoms with Gasteiger partial charge in [0, 0.05) is 22.9 Å². The summed E-state index contributed by atoms with van der Waals surface area (Å²) in [5.41, 5.74) is 2.79. The zero-order valence-electron chi connectivity index (χ0n) is 15.2. The molecular formula is C19H19N5O3. The topological polar surface area (TPSA) is 83.3 Å². The third-order valence-corrected chi connectivity index (χ3v) is 4.47. The Hall–Kier alpha value is -3.55. The Morgan fingerprint density at radius 2 is 1.78 bits per heavy atom. The van der Waals surface area contributed by atoms with E-state index in [9.17, 15) is 0 Å². The third-order valence-electron chi connectivity index (χ3n) is 4.47. The number of anilines is 1. The van der Waals surface area contributed by atoms with Crippen molar-refractivity contribution in [2.24, 2.45) is 0 Å². The van der Waals surface area contributed by atoms with Gasteiger partial charge in [0.2, 0.25) is 5.95 Å². The van der Waals surface area contributed by atoms with Gasteiger partial charge in [0.15, 0.2) is 0 Å². The van der Waals surface area contributed by atoms with Crippen LogP contribution in [-0.4, -0.2) is 41.5 Å². The van der Waals surface area contributed by atoms with Crippen LogP contribution in [0.1, 0.15) is 17.2 Å². The number of nitrogens with one attached hydrogen (secondary N) is 1. The molecule has 8 heteroatoms. The third kappa shape index (κ3) is 3.05. The second kappa shape index (κ2) is 6.99. The van der Waals surface area contributed by atoms with Crippen molar-refractivity contribution in [2.45, 2.75) is 6.04 Å². The molecule has 0 aliphatic carbocycles. The van der Waals surface area contributed by atoms with Crippen LogP contribution >= 0.6 is 0 Å². The number of benzene rings is 2. The molecule has 2 heterocycles. The van der Waals surface area contributed by atoms with Gasteiger partial charge in [-0.2, -0.15) is 4.68 Å². The van der Waals surface area contributed by atoms with Crippen molar-refractivity contribution in [3.63, 3.8) is 0 Å². The van der Waals surface area contributed by atoms with Gasteiger partial charge in [-0.3, -0.25) is 0 Å². The number of nitrogens with zero attached hydrogens (tertiary/aromatic N) is 4. The molecule has 8 nitrogen and oxygen atoms in total. The van der Waals surface area contributed by atoms with Crippen molar-refractivity contribution < 1.29 is 14.2 Å². The fourth-order valence-electron chi connectivity index (χ4n) is 3.10. The van der Waals surface area contributed by atoms with Gasteiger partial charge in [0.25, 0.3) is 0 Å². The van der Waals surface area contributed by atoms with Gasteiger partial charge in [-0.05, 0) is 40.8 Å². The molecule has 1 aliphatic rings. The summed E-state index contributed by atoms with van der Waals surface area (Å²) < 4.78 is 17.9. The molecule has 3 aromatic rings. The predicted molar refractivity (Wildman–Crippen MR) is 100 cm³/mol. The minimum absolute atomic E-state index is 0.238. The lowest BCUT2D eigenvalue weighted by molar-refractivity contribution is 0.387. The lowest BCUT2D eigenvalue weighted by Gasteiger charge is -2.25. The molecule has 0 saturated carbocycles. The fourth-order valence-corrected chi connectivity index (χ4v) is 3.10. The SMILES string of the molecule is COc1cccc(C2=CC(c3ccc(OC)cc3OC)n3nnnc3N2)c1. The van der Waals surface area contributed by atoms with Gasteiger partial charge in [0.05, 0.1) is 21.3 Å². The summed E-state index contributed by atoms with van der Waals surface area (Å²) in [5, 5.41) is 15.3. The molecule has 4 rings (SSSR count). The number of rotatable bonds is 5. The highest BCUT2D eigenvalue weighted by molar-refractivity contribution is 5.77. The Morgan fingerprint density at radius 1 is 0.963 bits per heavy atom. The Kier molecular flexibility index (Phi) is 4.37. The fraction of sp³-hybridized carbons (Fsp3) is 0.211. The minimum atomic E-state index is -0.238. The summed E-state index contributed by atoms with van der Waals surface area (Å²) in [6, 6.07) is 13.3. The van der Waals surface area contributed by atoms with Crippen molar-refractivity contribution in [1.82, 2.24) is 20.2 Å². The molecule has 1 aliphatic heterocycles. The first-order valence-corrected chi connectivity index (χ1v) is 8.36. The Morgan fingerprint density at radius 3 is 2.56 bits per heavy atom. The van der Waals surface area contributed by atoms with Gasteiger partial charge >= 0.3 is 0 Å². The standard InChI is InChI=1S/C19H19N5O3/c1-25-13-6-4-5-12(9-13)16-11-17(24-19(20-16)21-22-23-24)15-8-7-14(26-2)10-18(15)27-3/h4-11,17H,1-3H3,(H,20,21,23). The van der Waals surface area contributed by atoms with E-state index in [1.54, 1.807) is 26.0 Å². The van der Waals surface area contributed by atoms with Gasteiger partial charge in [0.1, 0.15) is 23.3 Å². The average Bonchev–Trinajstić information content (AvgIpc) is 3.21. The predicted octanol–water partition coefficient (Wildman–Crippen LogP) is 2.75. The van der Waals surface area contributed by atoms with Crippen LogP contribution in [0.15, 0.2) is 48.5 Å². The molecule has 1 unspecified atom stereocenters. The van der Waals surface area contributed by atoms with Gasteiger partial charge in [-0.1, -0.05) is 17.2 Å². The molecule has 1 atom stereocenters. The number of ether oxygens (including phenoxy) is 3. The van der Waals surface area contributed by atoms with Crippen LogP contribution in [0.25, 0.3) is 5.70 Å². The average molecular weight is 365 g/mol. The van der Waals surface area contributed by atoms with Crippen LogP contribution in [0, 0.1) is 0 Å². The Balaban J connectivity index is 1.82. The normalized spacial score (nSPS) is 15.4. The maximum atomic E-state index is 5.58. The maximum absolute atomic E-state index is 5.58. The zero-order valence-corrected chi connectivity index (χ0v) is 15.2. The van der Waals surface area contributed by atoms with Crippen LogP contribution < -0.4 is 19.5 Å². The first kappa shape index (κ1) is 16.9. The Bertz CT molecular complexity index is 999. The van der Waals surface area contributed by atoms with E-state index in [1.807, 2.05) is 42.5 Å². The van der Waals surface area contributed by atoms with Crippen LogP contribution in [0.2, 0.25) is 0 Å². The molecule has 0 radical (unpaired) electrons. The number of tetrazole rings is 1. The molecule has 1 N–H and O–H groups in total.